The smallest absolute Gasteiger partial charge is 0.160 e. The molecule has 9 rings (SSSR count). The second-order valence-corrected chi connectivity index (χ2v) is 12.0. The summed E-state index contributed by atoms with van der Waals surface area (Å²) in [7, 11) is 0. The number of thiophene rings is 1. The average Bonchev–Trinajstić information content (AvgIpc) is 3.65. The minimum absolute atomic E-state index is 0.746. The summed E-state index contributed by atoms with van der Waals surface area (Å²) in [6.07, 6.45) is 0. The van der Waals surface area contributed by atoms with Gasteiger partial charge >= 0.3 is 0 Å². The van der Waals surface area contributed by atoms with Crippen molar-refractivity contribution in [3.63, 3.8) is 0 Å². The lowest BCUT2D eigenvalue weighted by molar-refractivity contribution is 1.18. The largest absolute Gasteiger partial charge is 0.309 e. The van der Waals surface area contributed by atoms with Gasteiger partial charge in [-0.3, -0.25) is 0 Å². The van der Waals surface area contributed by atoms with Crippen molar-refractivity contribution >= 4 is 53.4 Å². The van der Waals surface area contributed by atoms with Crippen LogP contribution in [0.1, 0.15) is 0 Å². The maximum absolute atomic E-state index is 5.18. The van der Waals surface area contributed by atoms with E-state index in [0.29, 0.717) is 0 Å². The molecule has 0 amide bonds. The standard InChI is InChI=1S/C40H25N3S/c1-3-13-26(14-4-1)36-39-37(42-40(41-36)27-15-5-2-6-16-27)33-22-12-21-30(38(33)44-39)28-17-11-18-29(25-28)43-34-23-9-7-19-31(34)32-20-8-10-24-35(32)43/h1-25H. The van der Waals surface area contributed by atoms with E-state index in [1.54, 1.807) is 11.3 Å². The van der Waals surface area contributed by atoms with Crippen LogP contribution in [0.2, 0.25) is 0 Å². The second kappa shape index (κ2) is 10.0. The minimum atomic E-state index is 0.746. The van der Waals surface area contributed by atoms with Crippen LogP contribution < -0.4 is 0 Å². The summed E-state index contributed by atoms with van der Waals surface area (Å²) >= 11 is 1.79. The molecule has 3 aromatic heterocycles. The molecule has 6 aromatic carbocycles. The van der Waals surface area contributed by atoms with Crippen molar-refractivity contribution in [1.29, 1.82) is 0 Å². The molecule has 9 aromatic rings. The Balaban J connectivity index is 1.28. The molecule has 4 heteroatoms. The van der Waals surface area contributed by atoms with Gasteiger partial charge in [0.2, 0.25) is 0 Å². The molecule has 0 aliphatic carbocycles. The number of nitrogens with zero attached hydrogens (tertiary/aromatic N) is 3. The minimum Gasteiger partial charge on any atom is -0.309 e. The lowest BCUT2D eigenvalue weighted by atomic mass is 10.0. The fraction of sp³-hybridized carbons (Fsp3) is 0. The molecule has 0 N–H and O–H groups in total. The molecule has 0 saturated heterocycles. The molecule has 0 atom stereocenters. The lowest BCUT2D eigenvalue weighted by Crippen LogP contribution is -1.94. The fourth-order valence-electron chi connectivity index (χ4n) is 6.41. The van der Waals surface area contributed by atoms with Crippen LogP contribution in [-0.2, 0) is 0 Å². The van der Waals surface area contributed by atoms with Crippen molar-refractivity contribution in [3.8, 4) is 39.5 Å². The van der Waals surface area contributed by atoms with E-state index in [9.17, 15) is 0 Å². The molecule has 0 radical (unpaired) electrons. The Hall–Kier alpha value is -5.58. The summed E-state index contributed by atoms with van der Waals surface area (Å²) in [6, 6.07) is 53.6. The van der Waals surface area contributed by atoms with Crippen LogP contribution in [-0.4, -0.2) is 14.5 Å². The third kappa shape index (κ3) is 3.89. The number of hydrogen-bond acceptors (Lipinski definition) is 3. The molecule has 0 unspecified atom stereocenters. The number of fused-ring (bicyclic) bond motifs is 6. The Morgan fingerprint density at radius 1 is 0.455 bits per heavy atom. The maximum Gasteiger partial charge on any atom is 0.160 e. The van der Waals surface area contributed by atoms with Crippen LogP contribution in [0.25, 0.3) is 81.6 Å². The number of aromatic nitrogens is 3. The number of para-hydroxylation sites is 2. The van der Waals surface area contributed by atoms with Crippen LogP contribution in [0.4, 0.5) is 0 Å². The van der Waals surface area contributed by atoms with Crippen LogP contribution in [0.5, 0.6) is 0 Å². The Labute approximate surface area is 258 Å². The zero-order valence-electron chi connectivity index (χ0n) is 23.7. The summed E-state index contributed by atoms with van der Waals surface area (Å²) in [5, 5.41) is 3.68. The Kier molecular flexibility index (Phi) is 5.68. The highest BCUT2D eigenvalue weighted by Gasteiger charge is 2.19. The Morgan fingerprint density at radius 2 is 1.05 bits per heavy atom. The lowest BCUT2D eigenvalue weighted by Gasteiger charge is -2.11. The van der Waals surface area contributed by atoms with Crippen LogP contribution in [0.3, 0.4) is 0 Å². The van der Waals surface area contributed by atoms with Gasteiger partial charge in [-0.05, 0) is 35.4 Å². The van der Waals surface area contributed by atoms with E-state index in [-0.39, 0.29) is 0 Å². The molecule has 0 spiro atoms. The van der Waals surface area contributed by atoms with E-state index >= 15 is 0 Å². The van der Waals surface area contributed by atoms with Gasteiger partial charge in [0.1, 0.15) is 0 Å². The first-order valence-electron chi connectivity index (χ1n) is 14.8. The van der Waals surface area contributed by atoms with E-state index < -0.39 is 0 Å². The number of hydrogen-bond donors (Lipinski definition) is 0. The first-order valence-corrected chi connectivity index (χ1v) is 15.6. The zero-order valence-corrected chi connectivity index (χ0v) is 24.5. The molecule has 0 aliphatic heterocycles. The summed E-state index contributed by atoms with van der Waals surface area (Å²) in [5.74, 6) is 0.746. The highest BCUT2D eigenvalue weighted by atomic mass is 32.1. The van der Waals surface area contributed by atoms with Crippen molar-refractivity contribution in [1.82, 2.24) is 14.5 Å². The third-order valence-corrected chi connectivity index (χ3v) is 9.65. The normalized spacial score (nSPS) is 11.6. The molecule has 206 valence electrons. The highest BCUT2D eigenvalue weighted by Crippen LogP contribution is 2.43. The van der Waals surface area contributed by atoms with Gasteiger partial charge in [0.25, 0.3) is 0 Å². The molecular formula is C40H25N3S. The van der Waals surface area contributed by atoms with Gasteiger partial charge < -0.3 is 4.57 Å². The average molecular weight is 580 g/mol. The predicted molar refractivity (Wildman–Crippen MR) is 186 cm³/mol. The van der Waals surface area contributed by atoms with Gasteiger partial charge in [-0.2, -0.15) is 0 Å². The summed E-state index contributed by atoms with van der Waals surface area (Å²) in [6.45, 7) is 0. The van der Waals surface area contributed by atoms with E-state index in [2.05, 4.69) is 132 Å². The topological polar surface area (TPSA) is 30.7 Å². The van der Waals surface area contributed by atoms with Gasteiger partial charge in [0, 0.05) is 37.7 Å². The van der Waals surface area contributed by atoms with E-state index in [1.807, 2.05) is 24.3 Å². The molecular weight excluding hydrogens is 555 g/mol. The molecule has 44 heavy (non-hydrogen) atoms. The number of benzene rings is 6. The highest BCUT2D eigenvalue weighted by molar-refractivity contribution is 7.26. The quantitative estimate of drug-likeness (QED) is 0.208. The molecule has 3 nitrogen and oxygen atoms in total. The third-order valence-electron chi connectivity index (χ3n) is 8.41. The maximum atomic E-state index is 5.18. The summed E-state index contributed by atoms with van der Waals surface area (Å²) in [4.78, 5) is 10.3. The van der Waals surface area contributed by atoms with Gasteiger partial charge in [-0.25, -0.2) is 9.97 Å². The second-order valence-electron chi connectivity index (χ2n) is 11.0. The Morgan fingerprint density at radius 3 is 1.77 bits per heavy atom. The van der Waals surface area contributed by atoms with Crippen molar-refractivity contribution in [2.24, 2.45) is 0 Å². The van der Waals surface area contributed by atoms with E-state index in [4.69, 9.17) is 9.97 Å². The van der Waals surface area contributed by atoms with Crippen LogP contribution in [0.15, 0.2) is 152 Å². The van der Waals surface area contributed by atoms with Crippen LogP contribution >= 0.6 is 11.3 Å². The molecule has 0 bridgehead atoms. The Bertz CT molecular complexity index is 2440. The van der Waals surface area contributed by atoms with Gasteiger partial charge in [-0.1, -0.05) is 127 Å². The van der Waals surface area contributed by atoms with Crippen molar-refractivity contribution in [3.05, 3.63) is 152 Å². The molecule has 0 aliphatic rings. The van der Waals surface area contributed by atoms with Crippen molar-refractivity contribution in [2.75, 3.05) is 0 Å². The number of rotatable bonds is 4. The SMILES string of the molecule is c1ccc(-c2nc(-c3ccccc3)c3sc4c(-c5cccc(-n6c7ccccc7c7ccccc76)c5)cccc4c3n2)cc1. The van der Waals surface area contributed by atoms with Crippen molar-refractivity contribution in [2.45, 2.75) is 0 Å². The van der Waals surface area contributed by atoms with Gasteiger partial charge in [0.15, 0.2) is 5.82 Å². The monoisotopic (exact) mass is 579 g/mol. The van der Waals surface area contributed by atoms with Gasteiger partial charge in [0.05, 0.1) is 26.9 Å². The van der Waals surface area contributed by atoms with E-state index in [1.165, 1.54) is 37.6 Å². The predicted octanol–water partition coefficient (Wildman–Crippen LogP) is 10.9. The first-order chi connectivity index (χ1) is 21.8. The molecule has 3 heterocycles. The zero-order chi connectivity index (χ0) is 29.0. The van der Waals surface area contributed by atoms with Crippen LogP contribution in [0, 0.1) is 0 Å². The summed E-state index contributed by atoms with van der Waals surface area (Å²) < 4.78 is 4.71. The summed E-state index contributed by atoms with van der Waals surface area (Å²) in [5.41, 5.74) is 10.0. The molecule has 0 fully saturated rings. The van der Waals surface area contributed by atoms with E-state index in [0.717, 1.165) is 43.9 Å². The van der Waals surface area contributed by atoms with Crippen molar-refractivity contribution < 1.29 is 0 Å². The first kappa shape index (κ1) is 25.0. The van der Waals surface area contributed by atoms with Gasteiger partial charge in [-0.15, -0.1) is 11.3 Å². The molecule has 0 saturated carbocycles. The fourth-order valence-corrected chi connectivity index (χ4v) is 7.70.